The summed E-state index contributed by atoms with van der Waals surface area (Å²) in [5.74, 6) is 0.853. The van der Waals surface area contributed by atoms with Crippen LogP contribution in [0.3, 0.4) is 0 Å². The lowest BCUT2D eigenvalue weighted by Gasteiger charge is -2.37. The molecule has 1 saturated heterocycles. The number of likely N-dealkylation sites (tertiary alicyclic amines) is 1. The molecule has 25 heavy (non-hydrogen) atoms. The maximum absolute atomic E-state index is 12.2. The Hall–Kier alpha value is -2.21. The van der Waals surface area contributed by atoms with Crippen LogP contribution in [0.2, 0.25) is 0 Å². The van der Waals surface area contributed by atoms with Gasteiger partial charge < -0.3 is 5.32 Å². The number of rotatable bonds is 7. The van der Waals surface area contributed by atoms with Gasteiger partial charge in [-0.2, -0.15) is 5.10 Å². The molecule has 6 heteroatoms. The van der Waals surface area contributed by atoms with E-state index in [-0.39, 0.29) is 11.9 Å². The summed E-state index contributed by atoms with van der Waals surface area (Å²) in [4.78, 5) is 18.6. The molecule has 1 fully saturated rings. The van der Waals surface area contributed by atoms with Crippen molar-refractivity contribution in [1.82, 2.24) is 25.0 Å². The molecular weight excluding hydrogens is 314 g/mol. The third-order valence-corrected chi connectivity index (χ3v) is 4.97. The van der Waals surface area contributed by atoms with Crippen molar-refractivity contribution in [3.8, 4) is 0 Å². The fourth-order valence-corrected chi connectivity index (χ4v) is 3.34. The van der Waals surface area contributed by atoms with Gasteiger partial charge in [0.2, 0.25) is 5.91 Å². The Morgan fingerprint density at radius 1 is 1.28 bits per heavy atom. The van der Waals surface area contributed by atoms with E-state index in [1.165, 1.54) is 24.7 Å². The van der Waals surface area contributed by atoms with Gasteiger partial charge in [-0.25, -0.2) is 4.98 Å². The first-order chi connectivity index (χ1) is 12.2. The van der Waals surface area contributed by atoms with E-state index in [1.807, 2.05) is 6.07 Å². The van der Waals surface area contributed by atoms with Crippen LogP contribution in [0.15, 0.2) is 43.0 Å². The van der Waals surface area contributed by atoms with Gasteiger partial charge in [0.1, 0.15) is 12.7 Å². The van der Waals surface area contributed by atoms with E-state index in [1.54, 1.807) is 11.0 Å². The molecule has 1 atom stereocenters. The van der Waals surface area contributed by atoms with Crippen molar-refractivity contribution in [2.24, 2.45) is 5.92 Å². The molecule has 0 radical (unpaired) electrons. The Kier molecular flexibility index (Phi) is 6.17. The van der Waals surface area contributed by atoms with Crippen molar-refractivity contribution >= 4 is 5.91 Å². The van der Waals surface area contributed by atoms with Crippen LogP contribution in [0.25, 0.3) is 0 Å². The largest absolute Gasteiger partial charge is 0.354 e. The Balaban J connectivity index is 1.56. The van der Waals surface area contributed by atoms with Gasteiger partial charge in [0.15, 0.2) is 0 Å². The SMILES string of the molecule is CC1CCN([C@@H](CNC(=O)CCn2cncn2)c2ccccc2)CC1. The van der Waals surface area contributed by atoms with Crippen LogP contribution in [0.4, 0.5) is 0 Å². The van der Waals surface area contributed by atoms with Gasteiger partial charge in [-0.1, -0.05) is 37.3 Å². The summed E-state index contributed by atoms with van der Waals surface area (Å²) in [6.07, 6.45) is 5.99. The highest BCUT2D eigenvalue weighted by Gasteiger charge is 2.24. The molecule has 2 aromatic rings. The van der Waals surface area contributed by atoms with E-state index in [9.17, 15) is 4.79 Å². The van der Waals surface area contributed by atoms with Crippen molar-refractivity contribution in [3.05, 3.63) is 48.5 Å². The average Bonchev–Trinajstić information content (AvgIpc) is 3.16. The molecule has 0 bridgehead atoms. The summed E-state index contributed by atoms with van der Waals surface area (Å²) >= 11 is 0. The number of aryl methyl sites for hydroxylation is 1. The number of hydrogen-bond acceptors (Lipinski definition) is 4. The minimum absolute atomic E-state index is 0.0572. The van der Waals surface area contributed by atoms with E-state index >= 15 is 0 Å². The zero-order valence-corrected chi connectivity index (χ0v) is 14.8. The summed E-state index contributed by atoms with van der Waals surface area (Å²) in [6.45, 7) is 5.71. The second-order valence-electron chi connectivity index (χ2n) is 6.86. The fourth-order valence-electron chi connectivity index (χ4n) is 3.34. The van der Waals surface area contributed by atoms with Gasteiger partial charge >= 0.3 is 0 Å². The number of carbonyl (C=O) groups is 1. The van der Waals surface area contributed by atoms with Gasteiger partial charge in [0.05, 0.1) is 12.6 Å². The average molecular weight is 341 g/mol. The Labute approximate surface area is 149 Å². The lowest BCUT2D eigenvalue weighted by Crippen LogP contribution is -2.42. The second kappa shape index (κ2) is 8.76. The molecule has 1 N–H and O–H groups in total. The number of benzene rings is 1. The van der Waals surface area contributed by atoms with Gasteiger partial charge in [0.25, 0.3) is 0 Å². The number of hydrogen-bond donors (Lipinski definition) is 1. The molecule has 0 saturated carbocycles. The molecule has 1 aliphatic rings. The van der Waals surface area contributed by atoms with Crippen LogP contribution in [0.1, 0.15) is 37.8 Å². The van der Waals surface area contributed by atoms with Crippen LogP contribution in [0.5, 0.6) is 0 Å². The Morgan fingerprint density at radius 3 is 2.72 bits per heavy atom. The number of amides is 1. The molecule has 2 heterocycles. The van der Waals surface area contributed by atoms with E-state index < -0.39 is 0 Å². The fraction of sp³-hybridized carbons (Fsp3) is 0.526. The summed E-state index contributed by atoms with van der Waals surface area (Å²) in [7, 11) is 0. The molecule has 1 amide bonds. The van der Waals surface area contributed by atoms with E-state index in [2.05, 4.69) is 51.5 Å². The summed E-state index contributed by atoms with van der Waals surface area (Å²) < 4.78 is 1.68. The first-order valence-electron chi connectivity index (χ1n) is 9.10. The monoisotopic (exact) mass is 341 g/mol. The van der Waals surface area contributed by atoms with Crippen LogP contribution in [-0.4, -0.2) is 45.2 Å². The molecule has 0 aliphatic carbocycles. The Bertz CT molecular complexity index is 635. The van der Waals surface area contributed by atoms with E-state index in [4.69, 9.17) is 0 Å². The van der Waals surface area contributed by atoms with Crippen molar-refractivity contribution in [3.63, 3.8) is 0 Å². The topological polar surface area (TPSA) is 63.1 Å². The number of aromatic nitrogens is 3. The van der Waals surface area contributed by atoms with Gasteiger partial charge in [-0.05, 0) is 37.4 Å². The molecule has 0 spiro atoms. The number of carbonyl (C=O) groups excluding carboxylic acids is 1. The molecule has 0 unspecified atom stereocenters. The lowest BCUT2D eigenvalue weighted by atomic mass is 9.95. The third kappa shape index (κ3) is 5.13. The van der Waals surface area contributed by atoms with E-state index in [0.29, 0.717) is 19.5 Å². The van der Waals surface area contributed by atoms with Gasteiger partial charge in [-0.15, -0.1) is 0 Å². The van der Waals surface area contributed by atoms with Crippen molar-refractivity contribution in [2.45, 2.75) is 38.8 Å². The van der Waals surface area contributed by atoms with Crippen LogP contribution in [-0.2, 0) is 11.3 Å². The molecule has 134 valence electrons. The second-order valence-corrected chi connectivity index (χ2v) is 6.86. The molecule has 6 nitrogen and oxygen atoms in total. The summed E-state index contributed by atoms with van der Waals surface area (Å²) in [5.41, 5.74) is 1.27. The zero-order chi connectivity index (χ0) is 17.5. The van der Waals surface area contributed by atoms with Crippen LogP contribution >= 0.6 is 0 Å². The molecule has 1 aromatic heterocycles. The normalized spacial score (nSPS) is 17.3. The maximum Gasteiger partial charge on any atom is 0.221 e. The first-order valence-corrected chi connectivity index (χ1v) is 9.10. The minimum atomic E-state index is 0.0572. The maximum atomic E-state index is 12.2. The van der Waals surface area contributed by atoms with E-state index in [0.717, 1.165) is 19.0 Å². The molecule has 1 aromatic carbocycles. The molecule has 3 rings (SSSR count). The minimum Gasteiger partial charge on any atom is -0.354 e. The predicted molar refractivity (Wildman–Crippen MR) is 96.8 cm³/mol. The van der Waals surface area contributed by atoms with Crippen molar-refractivity contribution < 1.29 is 4.79 Å². The molecular formula is C19H27N5O. The summed E-state index contributed by atoms with van der Waals surface area (Å²) in [6, 6.07) is 10.7. The quantitative estimate of drug-likeness (QED) is 0.839. The van der Waals surface area contributed by atoms with Crippen molar-refractivity contribution in [2.75, 3.05) is 19.6 Å². The van der Waals surface area contributed by atoms with Crippen molar-refractivity contribution in [1.29, 1.82) is 0 Å². The van der Waals surface area contributed by atoms with Crippen LogP contribution < -0.4 is 5.32 Å². The van der Waals surface area contributed by atoms with Gasteiger partial charge in [-0.3, -0.25) is 14.4 Å². The smallest absolute Gasteiger partial charge is 0.221 e. The first kappa shape index (κ1) is 17.6. The number of nitrogens with zero attached hydrogens (tertiary/aromatic N) is 4. The zero-order valence-electron chi connectivity index (χ0n) is 14.8. The van der Waals surface area contributed by atoms with Crippen LogP contribution in [0, 0.1) is 5.92 Å². The standard InChI is InChI=1S/C19H27N5O/c1-16-7-10-23(11-8-16)18(17-5-3-2-4-6-17)13-21-19(25)9-12-24-15-20-14-22-24/h2-6,14-16,18H,7-13H2,1H3,(H,21,25)/t18-/m0/s1. The highest BCUT2D eigenvalue weighted by Crippen LogP contribution is 2.26. The lowest BCUT2D eigenvalue weighted by molar-refractivity contribution is -0.121. The highest BCUT2D eigenvalue weighted by molar-refractivity contribution is 5.75. The molecule has 1 aliphatic heterocycles. The Morgan fingerprint density at radius 2 is 2.04 bits per heavy atom. The number of piperidine rings is 1. The highest BCUT2D eigenvalue weighted by atomic mass is 16.1. The third-order valence-electron chi connectivity index (χ3n) is 4.97. The van der Waals surface area contributed by atoms with Gasteiger partial charge in [0, 0.05) is 13.0 Å². The predicted octanol–water partition coefficient (Wildman–Crippen LogP) is 2.26. The number of nitrogens with one attached hydrogen (secondary N) is 1. The summed E-state index contributed by atoms with van der Waals surface area (Å²) in [5, 5.41) is 7.14.